The zero-order valence-corrected chi connectivity index (χ0v) is 16.6. The summed E-state index contributed by atoms with van der Waals surface area (Å²) in [5, 5.41) is 6.22. The van der Waals surface area contributed by atoms with Crippen LogP contribution in [0.15, 0.2) is 47.8 Å². The topological polar surface area (TPSA) is 105 Å². The normalized spacial score (nSPS) is 16.7. The third-order valence-corrected chi connectivity index (χ3v) is 5.41. The van der Waals surface area contributed by atoms with Crippen molar-refractivity contribution in [1.29, 1.82) is 0 Å². The lowest BCUT2D eigenvalue weighted by Crippen LogP contribution is -2.44. The molecule has 152 valence electrons. The summed E-state index contributed by atoms with van der Waals surface area (Å²) in [4.78, 5) is 51.7. The monoisotopic (exact) mass is 415 g/mol. The zero-order chi connectivity index (χ0) is 20.8. The van der Waals surface area contributed by atoms with Gasteiger partial charge in [0.05, 0.1) is 4.88 Å². The summed E-state index contributed by atoms with van der Waals surface area (Å²) >= 11 is 1.30. The summed E-state index contributed by atoms with van der Waals surface area (Å²) in [5.74, 6) is -1.67. The van der Waals surface area contributed by atoms with Crippen molar-refractivity contribution in [3.05, 3.63) is 58.3 Å². The number of esters is 1. The van der Waals surface area contributed by atoms with E-state index in [0.717, 1.165) is 0 Å². The first kappa shape index (κ1) is 20.5. The summed E-state index contributed by atoms with van der Waals surface area (Å²) in [7, 11) is 1.37. The Morgan fingerprint density at radius 3 is 2.55 bits per heavy atom. The molecule has 1 aromatic carbocycles. The molecule has 0 saturated carbocycles. The van der Waals surface area contributed by atoms with Crippen LogP contribution in [0.5, 0.6) is 0 Å². The quantitative estimate of drug-likeness (QED) is 0.728. The third-order valence-electron chi connectivity index (χ3n) is 4.56. The second kappa shape index (κ2) is 9.33. The van der Waals surface area contributed by atoms with Gasteiger partial charge in [0.1, 0.15) is 6.04 Å². The van der Waals surface area contributed by atoms with Gasteiger partial charge in [0, 0.05) is 19.2 Å². The van der Waals surface area contributed by atoms with Crippen LogP contribution in [-0.4, -0.2) is 48.3 Å². The van der Waals surface area contributed by atoms with Gasteiger partial charge in [-0.1, -0.05) is 36.4 Å². The minimum atomic E-state index is -1.31. The molecule has 2 aromatic rings. The van der Waals surface area contributed by atoms with Crippen LogP contribution in [-0.2, 0) is 14.3 Å². The Bertz CT molecular complexity index is 885. The van der Waals surface area contributed by atoms with Crippen molar-refractivity contribution in [2.24, 2.45) is 0 Å². The van der Waals surface area contributed by atoms with E-state index in [4.69, 9.17) is 4.74 Å². The van der Waals surface area contributed by atoms with Crippen LogP contribution in [0.3, 0.4) is 0 Å². The van der Waals surface area contributed by atoms with E-state index in [2.05, 4.69) is 10.6 Å². The number of nitrogens with zero attached hydrogens (tertiary/aromatic N) is 1. The molecule has 0 unspecified atom stereocenters. The molecule has 3 rings (SSSR count). The molecule has 0 spiro atoms. The number of carbonyl (C=O) groups is 4. The summed E-state index contributed by atoms with van der Waals surface area (Å²) in [6, 6.07) is 10.4. The maximum Gasteiger partial charge on any atom is 0.329 e. The second-order valence-corrected chi connectivity index (χ2v) is 7.38. The van der Waals surface area contributed by atoms with Crippen molar-refractivity contribution in [1.82, 2.24) is 15.5 Å². The Morgan fingerprint density at radius 1 is 1.14 bits per heavy atom. The van der Waals surface area contributed by atoms with Crippen LogP contribution < -0.4 is 10.6 Å². The zero-order valence-electron chi connectivity index (χ0n) is 15.8. The van der Waals surface area contributed by atoms with Gasteiger partial charge in [-0.25, -0.2) is 9.59 Å². The molecule has 1 aliphatic rings. The highest BCUT2D eigenvalue weighted by atomic mass is 32.1. The van der Waals surface area contributed by atoms with Gasteiger partial charge in [0.2, 0.25) is 6.10 Å². The summed E-state index contributed by atoms with van der Waals surface area (Å²) < 4.78 is 5.50. The van der Waals surface area contributed by atoms with E-state index in [9.17, 15) is 19.2 Å². The van der Waals surface area contributed by atoms with E-state index in [-0.39, 0.29) is 5.91 Å². The molecule has 2 N–H and O–H groups in total. The van der Waals surface area contributed by atoms with E-state index in [0.29, 0.717) is 29.8 Å². The Morgan fingerprint density at radius 2 is 1.90 bits per heavy atom. The lowest BCUT2D eigenvalue weighted by molar-refractivity contribution is -0.159. The Hall–Kier alpha value is -3.20. The van der Waals surface area contributed by atoms with Gasteiger partial charge in [-0.15, -0.1) is 11.3 Å². The summed E-state index contributed by atoms with van der Waals surface area (Å²) in [5.41, 5.74) is 0.427. The number of benzene rings is 1. The van der Waals surface area contributed by atoms with Crippen molar-refractivity contribution in [2.45, 2.75) is 25.0 Å². The molecular weight excluding hydrogens is 394 g/mol. The molecular formula is C20H21N3O5S. The lowest BCUT2D eigenvalue weighted by Gasteiger charge is -2.25. The Balaban J connectivity index is 1.77. The molecule has 0 radical (unpaired) electrons. The summed E-state index contributed by atoms with van der Waals surface area (Å²) in [6.07, 6.45) is -0.188. The Labute approximate surface area is 171 Å². The van der Waals surface area contributed by atoms with Gasteiger partial charge in [0.25, 0.3) is 11.8 Å². The second-order valence-electron chi connectivity index (χ2n) is 6.43. The number of ether oxygens (including phenoxy) is 1. The highest BCUT2D eigenvalue weighted by Gasteiger charge is 2.38. The molecule has 2 heterocycles. The van der Waals surface area contributed by atoms with Crippen LogP contribution in [0.4, 0.5) is 4.79 Å². The van der Waals surface area contributed by atoms with Crippen LogP contribution in [0.25, 0.3) is 0 Å². The van der Waals surface area contributed by atoms with Crippen molar-refractivity contribution in [3.8, 4) is 0 Å². The average Bonchev–Trinajstić information content (AvgIpc) is 3.44. The summed E-state index contributed by atoms with van der Waals surface area (Å²) in [6.45, 7) is 0.441. The SMILES string of the molecule is CNC(=O)NC(=O)[C@H](OC(=O)[C@@H]1CCCN1C(=O)c1cccs1)c1ccccc1. The number of rotatable bonds is 5. The van der Waals surface area contributed by atoms with E-state index < -0.39 is 30.1 Å². The fourth-order valence-corrected chi connectivity index (χ4v) is 3.81. The molecule has 4 amide bonds. The van der Waals surface area contributed by atoms with Crippen molar-refractivity contribution >= 4 is 35.2 Å². The average molecular weight is 415 g/mol. The van der Waals surface area contributed by atoms with Gasteiger partial charge in [-0.05, 0) is 24.3 Å². The van der Waals surface area contributed by atoms with Crippen LogP contribution >= 0.6 is 11.3 Å². The standard InChI is InChI=1S/C20H21N3O5S/c1-21-20(27)22-17(24)16(13-7-3-2-4-8-13)28-19(26)14-9-5-11-23(14)18(25)15-10-6-12-29-15/h2-4,6-8,10,12,14,16H,5,9,11H2,1H3,(H2,21,22,24,27)/t14-,16+/m0/s1. The predicted octanol–water partition coefficient (Wildman–Crippen LogP) is 2.09. The van der Waals surface area contributed by atoms with Crippen LogP contribution in [0.1, 0.15) is 34.2 Å². The van der Waals surface area contributed by atoms with E-state index >= 15 is 0 Å². The first-order valence-corrected chi connectivity index (χ1v) is 10.0. The maximum atomic E-state index is 12.9. The maximum absolute atomic E-state index is 12.9. The first-order chi connectivity index (χ1) is 14.0. The van der Waals surface area contributed by atoms with Crippen molar-refractivity contribution in [3.63, 3.8) is 0 Å². The molecule has 0 aliphatic carbocycles. The fraction of sp³-hybridized carbons (Fsp3) is 0.300. The fourth-order valence-electron chi connectivity index (χ4n) is 3.13. The highest BCUT2D eigenvalue weighted by Crippen LogP contribution is 2.26. The van der Waals surface area contributed by atoms with Crippen LogP contribution in [0, 0.1) is 0 Å². The van der Waals surface area contributed by atoms with Gasteiger partial charge >= 0.3 is 12.0 Å². The smallest absolute Gasteiger partial charge is 0.329 e. The molecule has 2 atom stereocenters. The minimum Gasteiger partial charge on any atom is -0.446 e. The molecule has 1 saturated heterocycles. The predicted molar refractivity (Wildman–Crippen MR) is 106 cm³/mol. The van der Waals surface area contributed by atoms with Crippen molar-refractivity contribution < 1.29 is 23.9 Å². The first-order valence-electron chi connectivity index (χ1n) is 9.13. The largest absolute Gasteiger partial charge is 0.446 e. The molecule has 0 bridgehead atoms. The number of urea groups is 1. The molecule has 8 nitrogen and oxygen atoms in total. The van der Waals surface area contributed by atoms with Gasteiger partial charge in [-0.2, -0.15) is 0 Å². The molecule has 1 aromatic heterocycles. The molecule has 1 fully saturated rings. The van der Waals surface area contributed by atoms with E-state index in [1.807, 2.05) is 0 Å². The number of amides is 4. The number of likely N-dealkylation sites (tertiary alicyclic amines) is 1. The van der Waals surface area contributed by atoms with E-state index in [1.165, 1.54) is 23.3 Å². The Kier molecular flexibility index (Phi) is 6.61. The number of hydrogen-bond acceptors (Lipinski definition) is 6. The third kappa shape index (κ3) is 4.80. The van der Waals surface area contributed by atoms with Gasteiger partial charge < -0.3 is 15.0 Å². The van der Waals surface area contributed by atoms with Gasteiger partial charge in [-0.3, -0.25) is 14.9 Å². The molecule has 29 heavy (non-hydrogen) atoms. The van der Waals surface area contributed by atoms with E-state index in [1.54, 1.807) is 47.8 Å². The van der Waals surface area contributed by atoms with Crippen LogP contribution in [0.2, 0.25) is 0 Å². The van der Waals surface area contributed by atoms with Gasteiger partial charge in [0.15, 0.2) is 0 Å². The molecule has 1 aliphatic heterocycles. The highest BCUT2D eigenvalue weighted by molar-refractivity contribution is 7.12. The number of hydrogen-bond donors (Lipinski definition) is 2. The number of nitrogens with one attached hydrogen (secondary N) is 2. The lowest BCUT2D eigenvalue weighted by atomic mass is 10.1. The number of carbonyl (C=O) groups excluding carboxylic acids is 4. The number of imide groups is 1. The molecule has 9 heteroatoms. The van der Waals surface area contributed by atoms with Crippen molar-refractivity contribution in [2.75, 3.05) is 13.6 Å². The minimum absolute atomic E-state index is 0.231. The number of thiophene rings is 1.